The van der Waals surface area contributed by atoms with Crippen LogP contribution < -0.4 is 16.2 Å². The molecule has 0 aromatic heterocycles. The Morgan fingerprint density at radius 3 is 2.81 bits per heavy atom. The third kappa shape index (κ3) is 3.11. The average Bonchev–Trinajstić information content (AvgIpc) is 2.44. The normalized spacial score (nSPS) is 18.3. The van der Waals surface area contributed by atoms with E-state index in [9.17, 15) is 18.0 Å². The molecular weight excluding hydrogens is 287 g/mol. The van der Waals surface area contributed by atoms with Crippen molar-refractivity contribution in [2.75, 3.05) is 11.5 Å². The van der Waals surface area contributed by atoms with Gasteiger partial charge < -0.3 is 4.74 Å². The number of nitrogens with two attached hydrogens (primary N) is 1. The summed E-state index contributed by atoms with van der Waals surface area (Å²) in [5, 5.41) is 0. The number of nitrogens with one attached hydrogen (secondary N) is 1. The fourth-order valence-corrected chi connectivity index (χ4v) is 2.36. The molecule has 1 aliphatic rings. The third-order valence-electron chi connectivity index (χ3n) is 3.32. The molecule has 3 N–H and O–H groups in total. The van der Waals surface area contributed by atoms with Crippen molar-refractivity contribution in [2.24, 2.45) is 5.84 Å². The van der Waals surface area contributed by atoms with E-state index < -0.39 is 24.0 Å². The van der Waals surface area contributed by atoms with Crippen LogP contribution in [0.4, 0.5) is 23.7 Å². The number of benzene rings is 1. The number of ether oxygens (including phenoxy) is 1. The van der Waals surface area contributed by atoms with Crippen molar-refractivity contribution < 1.29 is 22.7 Å². The predicted molar refractivity (Wildman–Crippen MR) is 70.4 cm³/mol. The van der Waals surface area contributed by atoms with Crippen molar-refractivity contribution in [3.63, 3.8) is 0 Å². The lowest BCUT2D eigenvalue weighted by Crippen LogP contribution is -2.54. The molecule has 0 radical (unpaired) electrons. The van der Waals surface area contributed by atoms with Gasteiger partial charge in [-0.1, -0.05) is 0 Å². The largest absolute Gasteiger partial charge is 0.449 e. The zero-order valence-corrected chi connectivity index (χ0v) is 11.4. The van der Waals surface area contributed by atoms with E-state index in [-0.39, 0.29) is 6.61 Å². The van der Waals surface area contributed by atoms with Gasteiger partial charge in [0.25, 0.3) is 0 Å². The van der Waals surface area contributed by atoms with Crippen LogP contribution in [0.15, 0.2) is 18.2 Å². The highest BCUT2D eigenvalue weighted by atomic mass is 19.4. The van der Waals surface area contributed by atoms with E-state index in [0.717, 1.165) is 12.1 Å². The van der Waals surface area contributed by atoms with E-state index in [4.69, 9.17) is 10.6 Å². The standard InChI is InChI=1S/C13H16F3N3O2/c1-2-21-12(20)19-10-5-4-9(13(14,15)16)7-8(10)3-6-11(19)18-17/h4-5,7,11,18H,2-3,6,17H2,1H3. The maximum absolute atomic E-state index is 12.7. The molecule has 1 aliphatic heterocycles. The number of nitrogens with zero attached hydrogens (tertiary/aromatic N) is 1. The van der Waals surface area contributed by atoms with Gasteiger partial charge in [0.15, 0.2) is 0 Å². The first-order chi connectivity index (χ1) is 9.88. The molecule has 1 heterocycles. The highest BCUT2D eigenvalue weighted by molar-refractivity contribution is 5.90. The number of fused-ring (bicyclic) bond motifs is 1. The highest BCUT2D eigenvalue weighted by Gasteiger charge is 2.35. The molecule has 1 amide bonds. The minimum atomic E-state index is -4.41. The van der Waals surface area contributed by atoms with Crippen LogP contribution in [0.2, 0.25) is 0 Å². The van der Waals surface area contributed by atoms with Crippen LogP contribution >= 0.6 is 0 Å². The lowest BCUT2D eigenvalue weighted by Gasteiger charge is -2.36. The lowest BCUT2D eigenvalue weighted by atomic mass is 9.97. The SMILES string of the molecule is CCOC(=O)N1c2ccc(C(F)(F)F)cc2CCC1NN. The van der Waals surface area contributed by atoms with Crippen LogP contribution in [0.25, 0.3) is 0 Å². The fraction of sp³-hybridized carbons (Fsp3) is 0.462. The van der Waals surface area contributed by atoms with E-state index >= 15 is 0 Å². The molecule has 0 aliphatic carbocycles. The molecular formula is C13H16F3N3O2. The van der Waals surface area contributed by atoms with Gasteiger partial charge in [-0.15, -0.1) is 0 Å². The van der Waals surface area contributed by atoms with Crippen molar-refractivity contribution in [1.82, 2.24) is 5.43 Å². The Labute approximate surface area is 119 Å². The van der Waals surface area contributed by atoms with Gasteiger partial charge in [0.05, 0.1) is 17.9 Å². The van der Waals surface area contributed by atoms with E-state index in [1.165, 1.54) is 11.0 Å². The molecule has 0 saturated carbocycles. The van der Waals surface area contributed by atoms with Crippen molar-refractivity contribution in [3.8, 4) is 0 Å². The van der Waals surface area contributed by atoms with Crippen LogP contribution in [0, 0.1) is 0 Å². The van der Waals surface area contributed by atoms with Gasteiger partial charge in [-0.05, 0) is 43.5 Å². The molecule has 2 rings (SSSR count). The number of hydrogen-bond acceptors (Lipinski definition) is 4. The first-order valence-electron chi connectivity index (χ1n) is 6.50. The maximum atomic E-state index is 12.7. The molecule has 0 spiro atoms. The molecule has 1 unspecified atom stereocenters. The number of hydrogen-bond donors (Lipinski definition) is 2. The number of alkyl halides is 3. The molecule has 5 nitrogen and oxygen atoms in total. The highest BCUT2D eigenvalue weighted by Crippen LogP contribution is 2.36. The van der Waals surface area contributed by atoms with Gasteiger partial charge in [-0.2, -0.15) is 13.2 Å². The smallest absolute Gasteiger partial charge is 0.416 e. The van der Waals surface area contributed by atoms with Crippen LogP contribution in [-0.2, 0) is 17.3 Å². The summed E-state index contributed by atoms with van der Waals surface area (Å²) in [5.41, 5.74) is 2.58. The zero-order chi connectivity index (χ0) is 15.6. The zero-order valence-electron chi connectivity index (χ0n) is 11.4. The van der Waals surface area contributed by atoms with Gasteiger partial charge in [-0.25, -0.2) is 10.2 Å². The molecule has 1 aromatic carbocycles. The van der Waals surface area contributed by atoms with Gasteiger partial charge in [0.2, 0.25) is 0 Å². The Kier molecular flexibility index (Phi) is 4.38. The Bertz CT molecular complexity index is 534. The molecule has 21 heavy (non-hydrogen) atoms. The first-order valence-corrected chi connectivity index (χ1v) is 6.50. The summed E-state index contributed by atoms with van der Waals surface area (Å²) in [6.07, 6.45) is -4.75. The number of carbonyl (C=O) groups excluding carboxylic acids is 1. The minimum absolute atomic E-state index is 0.169. The number of aryl methyl sites for hydroxylation is 1. The Balaban J connectivity index is 2.41. The lowest BCUT2D eigenvalue weighted by molar-refractivity contribution is -0.137. The summed E-state index contributed by atoms with van der Waals surface area (Å²) in [4.78, 5) is 13.3. The Morgan fingerprint density at radius 1 is 1.52 bits per heavy atom. The maximum Gasteiger partial charge on any atom is 0.416 e. The van der Waals surface area contributed by atoms with Crippen molar-refractivity contribution in [1.29, 1.82) is 0 Å². The van der Waals surface area contributed by atoms with Crippen molar-refractivity contribution >= 4 is 11.8 Å². The Hall–Kier alpha value is -1.80. The summed E-state index contributed by atoms with van der Waals surface area (Å²) >= 11 is 0. The molecule has 1 aromatic rings. The number of rotatable bonds is 2. The minimum Gasteiger partial charge on any atom is -0.449 e. The molecule has 0 fully saturated rings. The molecule has 8 heteroatoms. The van der Waals surface area contributed by atoms with Crippen LogP contribution in [-0.4, -0.2) is 18.9 Å². The number of anilines is 1. The number of carbonyl (C=O) groups is 1. The summed E-state index contributed by atoms with van der Waals surface area (Å²) in [6.45, 7) is 1.82. The molecule has 0 bridgehead atoms. The van der Waals surface area contributed by atoms with Crippen LogP contribution in [0.5, 0.6) is 0 Å². The monoisotopic (exact) mass is 303 g/mol. The van der Waals surface area contributed by atoms with E-state index in [1.54, 1.807) is 6.92 Å². The molecule has 0 saturated heterocycles. The van der Waals surface area contributed by atoms with Crippen LogP contribution in [0.1, 0.15) is 24.5 Å². The molecule has 1 atom stereocenters. The Morgan fingerprint density at radius 2 is 2.24 bits per heavy atom. The van der Waals surface area contributed by atoms with E-state index in [1.807, 2.05) is 0 Å². The van der Waals surface area contributed by atoms with Gasteiger partial charge >= 0.3 is 12.3 Å². The van der Waals surface area contributed by atoms with Gasteiger partial charge in [0.1, 0.15) is 6.17 Å². The van der Waals surface area contributed by atoms with Crippen LogP contribution in [0.3, 0.4) is 0 Å². The fourth-order valence-electron chi connectivity index (χ4n) is 2.36. The van der Waals surface area contributed by atoms with Gasteiger partial charge in [0, 0.05) is 0 Å². The quantitative estimate of drug-likeness (QED) is 0.650. The summed E-state index contributed by atoms with van der Waals surface area (Å²) < 4.78 is 43.2. The first kappa shape index (κ1) is 15.6. The summed E-state index contributed by atoms with van der Waals surface area (Å²) in [5.74, 6) is 5.40. The third-order valence-corrected chi connectivity index (χ3v) is 3.32. The second-order valence-corrected chi connectivity index (χ2v) is 4.63. The summed E-state index contributed by atoms with van der Waals surface area (Å²) in [6, 6.07) is 3.29. The van der Waals surface area contributed by atoms with Gasteiger partial charge in [-0.3, -0.25) is 10.7 Å². The second kappa shape index (κ2) is 5.90. The molecule has 116 valence electrons. The topological polar surface area (TPSA) is 67.6 Å². The van der Waals surface area contributed by atoms with Crippen molar-refractivity contribution in [2.45, 2.75) is 32.1 Å². The van der Waals surface area contributed by atoms with E-state index in [2.05, 4.69) is 5.43 Å². The predicted octanol–water partition coefficient (Wildman–Crippen LogP) is 2.40. The second-order valence-electron chi connectivity index (χ2n) is 4.63. The number of amides is 1. The number of halogens is 3. The number of hydrazine groups is 1. The average molecular weight is 303 g/mol. The van der Waals surface area contributed by atoms with Crippen molar-refractivity contribution in [3.05, 3.63) is 29.3 Å². The summed E-state index contributed by atoms with van der Waals surface area (Å²) in [7, 11) is 0. The van der Waals surface area contributed by atoms with E-state index in [0.29, 0.717) is 24.1 Å².